The molecule has 1 aromatic heterocycles. The zero-order chi connectivity index (χ0) is 38.2. The zero-order valence-corrected chi connectivity index (χ0v) is 32.1. The molecule has 1 saturated heterocycles. The third kappa shape index (κ3) is 12.2. The second-order valence-corrected chi connectivity index (χ2v) is 15.0. The molecule has 12 heteroatoms. The van der Waals surface area contributed by atoms with Gasteiger partial charge in [0.15, 0.2) is 0 Å². The quantitative estimate of drug-likeness (QED) is 0.0524. The van der Waals surface area contributed by atoms with E-state index >= 15 is 0 Å². The van der Waals surface area contributed by atoms with E-state index in [0.29, 0.717) is 18.6 Å². The Labute approximate surface area is 326 Å². The zero-order valence-electron chi connectivity index (χ0n) is 31.3. The van der Waals surface area contributed by atoms with Crippen LogP contribution in [0.3, 0.4) is 0 Å². The van der Waals surface area contributed by atoms with Crippen LogP contribution in [-0.2, 0) is 24.0 Å². The van der Waals surface area contributed by atoms with Crippen molar-refractivity contribution in [3.63, 3.8) is 0 Å². The van der Waals surface area contributed by atoms with E-state index in [1.165, 1.54) is 11.1 Å². The number of H-pyrrole nitrogens is 1. The molecule has 5 aromatic rings. The minimum Gasteiger partial charge on any atom is -0.506 e. The molecule has 0 saturated carbocycles. The van der Waals surface area contributed by atoms with Gasteiger partial charge in [-0.05, 0) is 92.4 Å². The Kier molecular flexibility index (Phi) is 14.7. The molecule has 0 bridgehead atoms. The van der Waals surface area contributed by atoms with Gasteiger partial charge in [0.05, 0.1) is 10.4 Å². The molecule has 0 aliphatic carbocycles. The Hall–Kier alpha value is -5.17. The summed E-state index contributed by atoms with van der Waals surface area (Å²) in [6, 6.07) is 29.8. The Morgan fingerprint density at radius 3 is 2.29 bits per heavy atom. The summed E-state index contributed by atoms with van der Waals surface area (Å²) in [5.74, 6) is 0.105. The number of nitrogens with zero attached hydrogens (tertiary/aromatic N) is 1. The summed E-state index contributed by atoms with van der Waals surface area (Å²) in [6.07, 6.45) is 6.60. The number of amides is 3. The first-order chi connectivity index (χ1) is 26.9. The largest absolute Gasteiger partial charge is 0.506 e. The Balaban J connectivity index is 0.771. The van der Waals surface area contributed by atoms with Crippen LogP contribution in [0.25, 0.3) is 21.3 Å². The summed E-state index contributed by atoms with van der Waals surface area (Å²) in [4.78, 5) is 41.7. The number of fused-ring (bicyclic) bond motifs is 1. The number of benzene rings is 4. The van der Waals surface area contributed by atoms with Gasteiger partial charge in [0.1, 0.15) is 17.4 Å². The number of unbranched alkanes of at least 4 members (excludes halogenated alkanes) is 2. The number of hydrogen-bond donors (Lipinski definition) is 6. The average molecular weight is 765 g/mol. The van der Waals surface area contributed by atoms with E-state index in [1.807, 2.05) is 60.7 Å². The van der Waals surface area contributed by atoms with Gasteiger partial charge >= 0.3 is 17.0 Å². The molecule has 1 aliphatic rings. The topological polar surface area (TPSA) is 148 Å². The van der Waals surface area contributed by atoms with E-state index in [-0.39, 0.29) is 22.8 Å². The van der Waals surface area contributed by atoms with Gasteiger partial charge in [-0.25, -0.2) is 9.59 Å². The predicted molar refractivity (Wildman–Crippen MR) is 221 cm³/mol. The lowest BCUT2D eigenvalue weighted by molar-refractivity contribution is 0.0593. The molecular weight excluding hydrogens is 713 g/mol. The highest BCUT2D eigenvalue weighted by Crippen LogP contribution is 2.29. The lowest BCUT2D eigenvalue weighted by atomic mass is 10.0. The summed E-state index contributed by atoms with van der Waals surface area (Å²) >= 11 is 1.13. The van der Waals surface area contributed by atoms with Gasteiger partial charge in [0.2, 0.25) is 0 Å². The number of phenolic OH excluding ortho intramolecular Hbond substituents is 1. The molecule has 4 aromatic carbocycles. The number of anilines is 1. The monoisotopic (exact) mass is 764 g/mol. The number of aromatic amines is 1. The molecule has 1 fully saturated rings. The van der Waals surface area contributed by atoms with Crippen LogP contribution in [0.5, 0.6) is 5.75 Å². The first kappa shape index (κ1) is 39.5. The molecule has 0 atom stereocenters. The van der Waals surface area contributed by atoms with Gasteiger partial charge in [0, 0.05) is 38.3 Å². The van der Waals surface area contributed by atoms with Crippen molar-refractivity contribution in [3.8, 4) is 16.9 Å². The third-order valence-corrected chi connectivity index (χ3v) is 11.0. The number of urea groups is 1. The second kappa shape index (κ2) is 20.5. The molecule has 1 aliphatic heterocycles. The van der Waals surface area contributed by atoms with Crippen LogP contribution in [0, 0.1) is 0 Å². The third-order valence-electron chi connectivity index (χ3n) is 10.0. The molecule has 290 valence electrons. The van der Waals surface area contributed by atoms with Crippen molar-refractivity contribution < 1.29 is 19.4 Å². The van der Waals surface area contributed by atoms with Crippen LogP contribution in [0.2, 0.25) is 0 Å². The fourth-order valence-corrected chi connectivity index (χ4v) is 7.81. The Morgan fingerprint density at radius 1 is 0.782 bits per heavy atom. The number of thiazole rings is 1. The minimum absolute atomic E-state index is 0.0902. The Bertz CT molecular complexity index is 2030. The summed E-state index contributed by atoms with van der Waals surface area (Å²) in [6.45, 7) is 5.66. The maximum absolute atomic E-state index is 12.8. The maximum Gasteiger partial charge on any atom is 0.411 e. The van der Waals surface area contributed by atoms with Crippen molar-refractivity contribution in [2.45, 2.75) is 57.5 Å². The number of nitrogens with one attached hydrogen (secondary N) is 5. The van der Waals surface area contributed by atoms with Crippen LogP contribution < -0.4 is 26.1 Å². The number of carbonyl (C=O) groups excluding carboxylic acids is 2. The fraction of sp³-hybridized carbons (Fsp3) is 0.372. The van der Waals surface area contributed by atoms with Gasteiger partial charge in [-0.2, -0.15) is 0 Å². The van der Waals surface area contributed by atoms with Gasteiger partial charge in [-0.1, -0.05) is 96.6 Å². The standard InChI is InChI=1S/C43H52N6O5S/c50-38-18-17-34(40-39(38)48-43(53)55-40)20-26-44-24-7-2-8-25-45-41(51)46-27-19-31-13-15-32(16-14-31)21-28-49-29-22-35(23-30-49)54-42(52)47-37-12-6-5-11-36(37)33-9-3-1-4-10-33/h1,3-6,9-18,35,44,50H,2,7-8,19-30H2,(H,47,52)(H,48,53)(H2,45,46,51). The number of ether oxygens (including phenoxy) is 1. The number of likely N-dealkylation sites (tertiary alicyclic amines) is 1. The van der Waals surface area contributed by atoms with E-state index in [1.54, 1.807) is 6.07 Å². The molecule has 6 rings (SSSR count). The number of rotatable bonds is 18. The van der Waals surface area contributed by atoms with Gasteiger partial charge in [-0.3, -0.25) is 10.1 Å². The van der Waals surface area contributed by atoms with E-state index in [0.717, 1.165) is 123 Å². The lowest BCUT2D eigenvalue weighted by Crippen LogP contribution is -2.39. The fourth-order valence-electron chi connectivity index (χ4n) is 6.92. The van der Waals surface area contributed by atoms with E-state index < -0.39 is 6.09 Å². The van der Waals surface area contributed by atoms with E-state index in [4.69, 9.17) is 4.74 Å². The molecule has 3 amide bonds. The first-order valence-corrected chi connectivity index (χ1v) is 20.2. The van der Waals surface area contributed by atoms with Crippen LogP contribution in [-0.4, -0.2) is 79.0 Å². The van der Waals surface area contributed by atoms with Crippen molar-refractivity contribution >= 4 is 39.4 Å². The molecule has 0 radical (unpaired) electrons. The van der Waals surface area contributed by atoms with E-state index in [9.17, 15) is 19.5 Å². The number of aromatic nitrogens is 1. The number of piperidine rings is 1. The number of aromatic hydroxyl groups is 1. The summed E-state index contributed by atoms with van der Waals surface area (Å²) in [5.41, 5.74) is 6.81. The summed E-state index contributed by atoms with van der Waals surface area (Å²) < 4.78 is 6.63. The average Bonchev–Trinajstić information content (AvgIpc) is 3.61. The normalized spacial score (nSPS) is 13.5. The number of carbonyl (C=O) groups is 2. The van der Waals surface area contributed by atoms with Crippen molar-refractivity contribution in [3.05, 3.63) is 117 Å². The SMILES string of the molecule is O=C(NCCCCCNCCc1ccc(O)c2[nH]c(=O)sc12)NCCc1ccc(CCN2CCC(OC(=O)Nc3ccccc3-c3ccccc3)CC2)cc1. The number of para-hydroxylation sites is 1. The highest BCUT2D eigenvalue weighted by molar-refractivity contribution is 7.16. The first-order valence-electron chi connectivity index (χ1n) is 19.4. The predicted octanol–water partition coefficient (Wildman–Crippen LogP) is 7.06. The smallest absolute Gasteiger partial charge is 0.411 e. The van der Waals surface area contributed by atoms with Crippen LogP contribution in [0.15, 0.2) is 95.8 Å². The van der Waals surface area contributed by atoms with Gasteiger partial charge < -0.3 is 35.7 Å². The van der Waals surface area contributed by atoms with Crippen molar-refractivity contribution in [1.29, 1.82) is 0 Å². The molecule has 2 heterocycles. The number of phenols is 1. The lowest BCUT2D eigenvalue weighted by Gasteiger charge is -2.31. The van der Waals surface area contributed by atoms with E-state index in [2.05, 4.69) is 55.4 Å². The van der Waals surface area contributed by atoms with Crippen LogP contribution in [0.4, 0.5) is 15.3 Å². The van der Waals surface area contributed by atoms with Crippen molar-refractivity contribution in [2.24, 2.45) is 0 Å². The van der Waals surface area contributed by atoms with Crippen molar-refractivity contribution in [2.75, 3.05) is 51.1 Å². The van der Waals surface area contributed by atoms with Gasteiger partial charge in [-0.15, -0.1) is 0 Å². The highest BCUT2D eigenvalue weighted by Gasteiger charge is 2.23. The molecule has 55 heavy (non-hydrogen) atoms. The molecule has 0 spiro atoms. The Morgan fingerprint density at radius 2 is 1.49 bits per heavy atom. The van der Waals surface area contributed by atoms with Crippen LogP contribution >= 0.6 is 11.3 Å². The highest BCUT2D eigenvalue weighted by atomic mass is 32.1. The number of hydrogen-bond acceptors (Lipinski definition) is 8. The van der Waals surface area contributed by atoms with Crippen LogP contribution in [0.1, 0.15) is 48.8 Å². The minimum atomic E-state index is -0.407. The molecular formula is C43H52N6O5S. The molecule has 6 N–H and O–H groups in total. The summed E-state index contributed by atoms with van der Waals surface area (Å²) in [5, 5.41) is 22.3. The van der Waals surface area contributed by atoms with Gasteiger partial charge in [0.25, 0.3) is 0 Å². The molecule has 0 unspecified atom stereocenters. The molecule has 11 nitrogen and oxygen atoms in total. The summed E-state index contributed by atoms with van der Waals surface area (Å²) in [7, 11) is 0. The van der Waals surface area contributed by atoms with Crippen molar-refractivity contribution in [1.82, 2.24) is 25.8 Å². The second-order valence-electron chi connectivity index (χ2n) is 14.0. The maximum atomic E-state index is 12.8.